The SMILES string of the molecule is COc1ccc(Cl)c(N2C[C@H](c3nc4ccccc4n3CC(C)C)CC2=O)c1. The van der Waals surface area contributed by atoms with E-state index < -0.39 is 0 Å². The number of halogens is 1. The minimum absolute atomic E-state index is 0.0286. The second kappa shape index (κ2) is 7.47. The number of benzene rings is 2. The van der Waals surface area contributed by atoms with E-state index >= 15 is 0 Å². The Hall–Kier alpha value is -2.53. The number of carbonyl (C=O) groups is 1. The van der Waals surface area contributed by atoms with E-state index in [1.54, 1.807) is 24.1 Å². The highest BCUT2D eigenvalue weighted by atomic mass is 35.5. The zero-order valence-corrected chi connectivity index (χ0v) is 17.1. The normalized spacial score (nSPS) is 17.1. The highest BCUT2D eigenvalue weighted by Crippen LogP contribution is 2.37. The van der Waals surface area contributed by atoms with Crippen LogP contribution >= 0.6 is 11.6 Å². The molecular formula is C22H24ClN3O2. The number of amides is 1. The lowest BCUT2D eigenvalue weighted by atomic mass is 10.1. The summed E-state index contributed by atoms with van der Waals surface area (Å²) in [5.41, 5.74) is 2.79. The summed E-state index contributed by atoms with van der Waals surface area (Å²) in [4.78, 5) is 19.5. The van der Waals surface area contributed by atoms with E-state index in [1.165, 1.54) is 0 Å². The maximum Gasteiger partial charge on any atom is 0.227 e. The molecule has 28 heavy (non-hydrogen) atoms. The summed E-state index contributed by atoms with van der Waals surface area (Å²) in [5, 5.41) is 0.547. The number of hydrogen-bond acceptors (Lipinski definition) is 3. The standard InChI is InChI=1S/C22H24ClN3O2/c1-14(2)12-26-19-7-5-4-6-18(19)24-22(26)15-10-21(27)25(13-15)20-11-16(28-3)8-9-17(20)23/h4-9,11,14-15H,10,12-13H2,1-3H3/t15-/m1/s1. The molecular weight excluding hydrogens is 374 g/mol. The fourth-order valence-electron chi connectivity index (χ4n) is 3.90. The molecule has 0 radical (unpaired) electrons. The van der Waals surface area contributed by atoms with Crippen LogP contribution in [0.4, 0.5) is 5.69 Å². The summed E-state index contributed by atoms with van der Waals surface area (Å²) in [5.74, 6) is 2.23. The lowest BCUT2D eigenvalue weighted by molar-refractivity contribution is -0.117. The van der Waals surface area contributed by atoms with E-state index in [-0.39, 0.29) is 11.8 Å². The van der Waals surface area contributed by atoms with Gasteiger partial charge in [0.2, 0.25) is 5.91 Å². The van der Waals surface area contributed by atoms with Crippen molar-refractivity contribution in [2.75, 3.05) is 18.6 Å². The first-order valence-corrected chi connectivity index (χ1v) is 9.94. The molecule has 5 nitrogen and oxygen atoms in total. The third-order valence-electron chi connectivity index (χ3n) is 5.17. The Morgan fingerprint density at radius 3 is 2.79 bits per heavy atom. The topological polar surface area (TPSA) is 47.4 Å². The van der Waals surface area contributed by atoms with Crippen LogP contribution in [0.2, 0.25) is 5.02 Å². The molecule has 146 valence electrons. The molecule has 1 fully saturated rings. The van der Waals surface area contributed by atoms with Crippen molar-refractivity contribution in [1.29, 1.82) is 0 Å². The monoisotopic (exact) mass is 397 g/mol. The molecule has 1 aliphatic rings. The summed E-state index contributed by atoms with van der Waals surface area (Å²) < 4.78 is 7.58. The molecule has 2 aromatic carbocycles. The lowest BCUT2D eigenvalue weighted by Gasteiger charge is -2.19. The maximum atomic E-state index is 12.8. The number of imidazole rings is 1. The van der Waals surface area contributed by atoms with E-state index in [0.717, 1.165) is 23.4 Å². The van der Waals surface area contributed by atoms with Crippen LogP contribution in [0.25, 0.3) is 11.0 Å². The summed E-state index contributed by atoms with van der Waals surface area (Å²) in [7, 11) is 1.61. The van der Waals surface area contributed by atoms with Gasteiger partial charge in [-0.15, -0.1) is 0 Å². The maximum absolute atomic E-state index is 12.8. The van der Waals surface area contributed by atoms with Crippen molar-refractivity contribution in [3.05, 3.63) is 53.3 Å². The first kappa shape index (κ1) is 18.8. The summed E-state index contributed by atoms with van der Waals surface area (Å²) >= 11 is 6.39. The van der Waals surface area contributed by atoms with Crippen molar-refractivity contribution in [2.45, 2.75) is 32.7 Å². The number of aromatic nitrogens is 2. The van der Waals surface area contributed by atoms with Gasteiger partial charge in [-0.3, -0.25) is 4.79 Å². The number of hydrogen-bond donors (Lipinski definition) is 0. The number of ether oxygens (including phenoxy) is 1. The van der Waals surface area contributed by atoms with Crippen molar-refractivity contribution in [2.24, 2.45) is 5.92 Å². The van der Waals surface area contributed by atoms with Gasteiger partial charge in [0.1, 0.15) is 11.6 Å². The summed E-state index contributed by atoms with van der Waals surface area (Å²) in [6.45, 7) is 5.83. The molecule has 1 aromatic heterocycles. The zero-order chi connectivity index (χ0) is 19.8. The molecule has 4 rings (SSSR count). The van der Waals surface area contributed by atoms with Crippen molar-refractivity contribution >= 4 is 34.2 Å². The van der Waals surface area contributed by atoms with Gasteiger partial charge in [-0.2, -0.15) is 0 Å². The molecule has 1 aliphatic heterocycles. The van der Waals surface area contributed by atoms with Crippen LogP contribution in [0.1, 0.15) is 32.0 Å². The minimum Gasteiger partial charge on any atom is -0.497 e. The van der Waals surface area contributed by atoms with Crippen molar-refractivity contribution in [3.63, 3.8) is 0 Å². The first-order chi connectivity index (χ1) is 13.5. The Morgan fingerprint density at radius 2 is 2.04 bits per heavy atom. The Bertz CT molecular complexity index is 1030. The number of carbonyl (C=O) groups excluding carboxylic acids is 1. The summed E-state index contributed by atoms with van der Waals surface area (Å²) in [6, 6.07) is 13.6. The molecule has 3 aromatic rings. The molecule has 1 atom stereocenters. The molecule has 0 aliphatic carbocycles. The van der Waals surface area contributed by atoms with Gasteiger partial charge in [0.25, 0.3) is 0 Å². The van der Waals surface area contributed by atoms with E-state index in [2.05, 4.69) is 24.5 Å². The molecule has 2 heterocycles. The van der Waals surface area contributed by atoms with Gasteiger partial charge in [0.15, 0.2) is 0 Å². The fraction of sp³-hybridized carbons (Fsp3) is 0.364. The Morgan fingerprint density at radius 1 is 1.25 bits per heavy atom. The molecule has 0 N–H and O–H groups in total. The third-order valence-corrected chi connectivity index (χ3v) is 5.49. The number of methoxy groups -OCH3 is 1. The van der Waals surface area contributed by atoms with Gasteiger partial charge < -0.3 is 14.2 Å². The van der Waals surface area contributed by atoms with Crippen molar-refractivity contribution in [3.8, 4) is 5.75 Å². The number of fused-ring (bicyclic) bond motifs is 1. The van der Waals surface area contributed by atoms with Crippen LogP contribution in [-0.2, 0) is 11.3 Å². The van der Waals surface area contributed by atoms with E-state index in [4.69, 9.17) is 21.3 Å². The van der Waals surface area contributed by atoms with Crippen LogP contribution in [-0.4, -0.2) is 29.1 Å². The van der Waals surface area contributed by atoms with Gasteiger partial charge >= 0.3 is 0 Å². The van der Waals surface area contributed by atoms with Crippen LogP contribution in [0.15, 0.2) is 42.5 Å². The quantitative estimate of drug-likeness (QED) is 0.616. The fourth-order valence-corrected chi connectivity index (χ4v) is 4.12. The van der Waals surface area contributed by atoms with Gasteiger partial charge in [0, 0.05) is 31.5 Å². The molecule has 1 saturated heterocycles. The minimum atomic E-state index is 0.0286. The van der Waals surface area contributed by atoms with Gasteiger partial charge in [-0.05, 0) is 30.2 Å². The van der Waals surface area contributed by atoms with Crippen LogP contribution in [0.3, 0.4) is 0 Å². The Labute approximate surface area is 169 Å². The van der Waals surface area contributed by atoms with E-state index in [9.17, 15) is 4.79 Å². The summed E-state index contributed by atoms with van der Waals surface area (Å²) in [6.07, 6.45) is 0.426. The average molecular weight is 398 g/mol. The predicted octanol–water partition coefficient (Wildman–Crippen LogP) is 4.87. The van der Waals surface area contributed by atoms with E-state index in [1.807, 2.05) is 24.3 Å². The van der Waals surface area contributed by atoms with Gasteiger partial charge in [-0.25, -0.2) is 4.98 Å². The highest BCUT2D eigenvalue weighted by Gasteiger charge is 2.35. The third kappa shape index (κ3) is 3.35. The predicted molar refractivity (Wildman–Crippen MR) is 112 cm³/mol. The zero-order valence-electron chi connectivity index (χ0n) is 16.4. The Kier molecular flexibility index (Phi) is 5.02. The van der Waals surface area contributed by atoms with Crippen molar-refractivity contribution < 1.29 is 9.53 Å². The molecule has 0 unspecified atom stereocenters. The van der Waals surface area contributed by atoms with Crippen LogP contribution in [0.5, 0.6) is 5.75 Å². The molecule has 0 bridgehead atoms. The Balaban J connectivity index is 1.71. The number of nitrogens with zero attached hydrogens (tertiary/aromatic N) is 3. The lowest BCUT2D eigenvalue weighted by Crippen LogP contribution is -2.25. The number of anilines is 1. The average Bonchev–Trinajstić information content (AvgIpc) is 3.23. The largest absolute Gasteiger partial charge is 0.497 e. The highest BCUT2D eigenvalue weighted by molar-refractivity contribution is 6.34. The second-order valence-electron chi connectivity index (χ2n) is 7.69. The molecule has 1 amide bonds. The first-order valence-electron chi connectivity index (χ1n) is 9.57. The molecule has 6 heteroatoms. The van der Waals surface area contributed by atoms with E-state index in [0.29, 0.717) is 35.3 Å². The van der Waals surface area contributed by atoms with Crippen molar-refractivity contribution in [1.82, 2.24) is 9.55 Å². The number of rotatable bonds is 5. The second-order valence-corrected chi connectivity index (χ2v) is 8.09. The van der Waals surface area contributed by atoms with Gasteiger partial charge in [0.05, 0.1) is 28.9 Å². The molecule has 0 spiro atoms. The smallest absolute Gasteiger partial charge is 0.227 e. The molecule has 0 saturated carbocycles. The number of para-hydroxylation sites is 2. The van der Waals surface area contributed by atoms with Crippen LogP contribution in [0, 0.1) is 5.92 Å². The van der Waals surface area contributed by atoms with Gasteiger partial charge in [-0.1, -0.05) is 37.6 Å². The van der Waals surface area contributed by atoms with Crippen LogP contribution < -0.4 is 9.64 Å².